The quantitative estimate of drug-likeness (QED) is 0.865. The van der Waals surface area contributed by atoms with Crippen molar-refractivity contribution in [3.05, 3.63) is 40.1 Å². The number of ether oxygens (including phenoxy) is 1. The third-order valence-corrected chi connectivity index (χ3v) is 5.61. The van der Waals surface area contributed by atoms with Gasteiger partial charge in [0, 0.05) is 39.6 Å². The third-order valence-electron chi connectivity index (χ3n) is 3.56. The number of thioether (sulfide) groups is 1. The number of aliphatic imine (C=N–C) groups is 1. The number of nitrogens with zero attached hydrogens (tertiary/aromatic N) is 2. The minimum absolute atomic E-state index is 0.652. The normalized spacial score (nSPS) is 18.1. The van der Waals surface area contributed by atoms with Gasteiger partial charge in [-0.2, -0.15) is 0 Å². The fourth-order valence-electron chi connectivity index (χ4n) is 2.72. The van der Waals surface area contributed by atoms with Gasteiger partial charge in [0.2, 0.25) is 0 Å². The molecule has 0 saturated carbocycles. The number of benzene rings is 1. The highest BCUT2D eigenvalue weighted by Crippen LogP contribution is 2.44. The summed E-state index contributed by atoms with van der Waals surface area (Å²) >= 11 is 3.56. The number of methoxy groups -OCH3 is 1. The van der Waals surface area contributed by atoms with Crippen molar-refractivity contribution in [2.75, 3.05) is 26.8 Å². The Morgan fingerprint density at radius 3 is 3.15 bits per heavy atom. The first kappa shape index (κ1) is 12.4. The standard InChI is InChI=1S/C15H14N2OS2/c1-18-8-13-14(17-7-6-16-15(17)20-13)11-9-19-12-5-3-2-4-10(11)12/h2-5,9H,6-8H2,1H3. The van der Waals surface area contributed by atoms with Gasteiger partial charge < -0.3 is 9.64 Å². The van der Waals surface area contributed by atoms with Crippen molar-refractivity contribution < 1.29 is 4.74 Å². The lowest BCUT2D eigenvalue weighted by atomic mass is 10.1. The fourth-order valence-corrected chi connectivity index (χ4v) is 4.82. The molecule has 0 unspecified atom stereocenters. The van der Waals surface area contributed by atoms with Crippen LogP contribution in [0.15, 0.2) is 39.5 Å². The van der Waals surface area contributed by atoms with Gasteiger partial charge in [-0.3, -0.25) is 4.99 Å². The Kier molecular flexibility index (Phi) is 3.06. The van der Waals surface area contributed by atoms with E-state index in [1.54, 1.807) is 30.2 Å². The monoisotopic (exact) mass is 302 g/mol. The van der Waals surface area contributed by atoms with Crippen molar-refractivity contribution in [3.63, 3.8) is 0 Å². The summed E-state index contributed by atoms with van der Waals surface area (Å²) in [5, 5.41) is 4.72. The van der Waals surface area contributed by atoms with Crippen LogP contribution < -0.4 is 0 Å². The molecule has 1 aromatic heterocycles. The second-order valence-electron chi connectivity index (χ2n) is 4.77. The van der Waals surface area contributed by atoms with Gasteiger partial charge in [-0.1, -0.05) is 30.0 Å². The molecule has 0 fully saturated rings. The Morgan fingerprint density at radius 2 is 2.25 bits per heavy atom. The lowest BCUT2D eigenvalue weighted by molar-refractivity contribution is 0.231. The van der Waals surface area contributed by atoms with Crippen LogP contribution in [0.1, 0.15) is 5.56 Å². The van der Waals surface area contributed by atoms with E-state index < -0.39 is 0 Å². The van der Waals surface area contributed by atoms with Crippen molar-refractivity contribution in [1.29, 1.82) is 0 Å². The first-order chi connectivity index (χ1) is 9.88. The molecule has 2 aliphatic heterocycles. The van der Waals surface area contributed by atoms with Crippen LogP contribution in [-0.2, 0) is 4.74 Å². The molecular formula is C15H14N2OS2. The van der Waals surface area contributed by atoms with Crippen LogP contribution in [-0.4, -0.2) is 36.9 Å². The van der Waals surface area contributed by atoms with Crippen LogP contribution >= 0.6 is 23.1 Å². The summed E-state index contributed by atoms with van der Waals surface area (Å²) in [5.74, 6) is 0. The first-order valence-electron chi connectivity index (χ1n) is 6.57. The molecule has 0 amide bonds. The van der Waals surface area contributed by atoms with Crippen molar-refractivity contribution in [1.82, 2.24) is 4.90 Å². The first-order valence-corrected chi connectivity index (χ1v) is 8.26. The highest BCUT2D eigenvalue weighted by molar-refractivity contribution is 8.17. The Labute approximate surface area is 125 Å². The molecule has 5 heteroatoms. The van der Waals surface area contributed by atoms with Crippen molar-refractivity contribution >= 4 is 44.0 Å². The average Bonchev–Trinajstić information content (AvgIpc) is 3.13. The molecule has 2 aromatic rings. The summed E-state index contributed by atoms with van der Waals surface area (Å²) < 4.78 is 6.71. The summed E-state index contributed by atoms with van der Waals surface area (Å²) in [6.07, 6.45) is 0. The van der Waals surface area contributed by atoms with Crippen molar-refractivity contribution in [3.8, 4) is 0 Å². The molecule has 3 heterocycles. The number of rotatable bonds is 3. The van der Waals surface area contributed by atoms with E-state index in [1.165, 1.54) is 26.3 Å². The van der Waals surface area contributed by atoms with Gasteiger partial charge in [-0.25, -0.2) is 0 Å². The predicted molar refractivity (Wildman–Crippen MR) is 87.2 cm³/mol. The highest BCUT2D eigenvalue weighted by Gasteiger charge is 2.33. The smallest absolute Gasteiger partial charge is 0.168 e. The predicted octanol–water partition coefficient (Wildman–Crippen LogP) is 3.63. The summed E-state index contributed by atoms with van der Waals surface area (Å²) in [6, 6.07) is 8.59. The molecule has 0 aliphatic carbocycles. The lowest BCUT2D eigenvalue weighted by Crippen LogP contribution is -2.20. The zero-order valence-electron chi connectivity index (χ0n) is 11.1. The van der Waals surface area contributed by atoms with Crippen LogP contribution in [0.4, 0.5) is 0 Å². The molecule has 0 atom stereocenters. The summed E-state index contributed by atoms with van der Waals surface area (Å²) in [4.78, 5) is 8.20. The molecule has 1 aromatic carbocycles. The van der Waals surface area contributed by atoms with E-state index in [1.807, 2.05) is 0 Å². The molecule has 3 nitrogen and oxygen atoms in total. The number of hydrogen-bond acceptors (Lipinski definition) is 5. The second-order valence-corrected chi connectivity index (χ2v) is 6.74. The molecule has 0 N–H and O–H groups in total. The van der Waals surface area contributed by atoms with Gasteiger partial charge in [0.05, 0.1) is 18.8 Å². The number of fused-ring (bicyclic) bond motifs is 2. The molecule has 4 rings (SSSR count). The maximum atomic E-state index is 5.37. The zero-order chi connectivity index (χ0) is 13.5. The van der Waals surface area contributed by atoms with E-state index in [9.17, 15) is 0 Å². The molecule has 2 aliphatic rings. The highest BCUT2D eigenvalue weighted by atomic mass is 32.2. The lowest BCUT2D eigenvalue weighted by Gasteiger charge is -2.16. The van der Waals surface area contributed by atoms with Crippen LogP contribution in [0.3, 0.4) is 0 Å². The molecular weight excluding hydrogens is 288 g/mol. The van der Waals surface area contributed by atoms with E-state index in [0.717, 1.165) is 18.3 Å². The van der Waals surface area contributed by atoms with Crippen molar-refractivity contribution in [2.24, 2.45) is 4.99 Å². The van der Waals surface area contributed by atoms with Gasteiger partial charge in [0.1, 0.15) is 0 Å². The van der Waals surface area contributed by atoms with E-state index in [-0.39, 0.29) is 0 Å². The van der Waals surface area contributed by atoms with Crippen molar-refractivity contribution in [2.45, 2.75) is 0 Å². The van der Waals surface area contributed by atoms with E-state index in [2.05, 4.69) is 39.5 Å². The summed E-state index contributed by atoms with van der Waals surface area (Å²) in [7, 11) is 1.75. The Hall–Kier alpha value is -1.30. The molecule has 0 saturated heterocycles. The number of amidine groups is 1. The van der Waals surface area contributed by atoms with Crippen LogP contribution in [0.25, 0.3) is 15.8 Å². The molecule has 0 bridgehead atoms. The average molecular weight is 302 g/mol. The van der Waals surface area contributed by atoms with Gasteiger partial charge >= 0.3 is 0 Å². The van der Waals surface area contributed by atoms with E-state index >= 15 is 0 Å². The number of hydrogen-bond donors (Lipinski definition) is 0. The Morgan fingerprint density at radius 1 is 1.35 bits per heavy atom. The topological polar surface area (TPSA) is 24.8 Å². The van der Waals surface area contributed by atoms with Crippen LogP contribution in [0, 0.1) is 0 Å². The van der Waals surface area contributed by atoms with Gasteiger partial charge in [-0.05, 0) is 6.07 Å². The Balaban J connectivity index is 1.89. The summed E-state index contributed by atoms with van der Waals surface area (Å²) in [6.45, 7) is 2.53. The largest absolute Gasteiger partial charge is 0.379 e. The van der Waals surface area contributed by atoms with E-state index in [0.29, 0.717) is 6.61 Å². The molecule has 102 valence electrons. The van der Waals surface area contributed by atoms with Gasteiger partial charge in [0.15, 0.2) is 5.17 Å². The third kappa shape index (κ3) is 1.81. The second kappa shape index (κ2) is 4.91. The molecule has 0 spiro atoms. The van der Waals surface area contributed by atoms with Gasteiger partial charge in [-0.15, -0.1) is 11.3 Å². The maximum Gasteiger partial charge on any atom is 0.168 e. The molecule has 20 heavy (non-hydrogen) atoms. The minimum Gasteiger partial charge on any atom is -0.379 e. The van der Waals surface area contributed by atoms with Crippen LogP contribution in [0.2, 0.25) is 0 Å². The minimum atomic E-state index is 0.652. The summed E-state index contributed by atoms with van der Waals surface area (Å²) in [5.41, 5.74) is 2.61. The Bertz CT molecular complexity index is 732. The molecule has 0 radical (unpaired) electrons. The van der Waals surface area contributed by atoms with Crippen LogP contribution in [0.5, 0.6) is 0 Å². The van der Waals surface area contributed by atoms with Gasteiger partial charge in [0.25, 0.3) is 0 Å². The zero-order valence-corrected chi connectivity index (χ0v) is 12.8. The number of thiophene rings is 1. The fraction of sp³-hybridized carbons (Fsp3) is 0.267. The van der Waals surface area contributed by atoms with E-state index in [4.69, 9.17) is 4.74 Å². The SMILES string of the molecule is COCC1=C(c2csc3ccccc23)N2CCN=C2S1. The maximum absolute atomic E-state index is 5.37.